The summed E-state index contributed by atoms with van der Waals surface area (Å²) in [5.74, 6) is 0. The van der Waals surface area contributed by atoms with Crippen molar-refractivity contribution in [2.45, 2.75) is 65.6 Å². The fourth-order valence-corrected chi connectivity index (χ4v) is 5.43. The number of fused-ring (bicyclic) bond motifs is 3. The van der Waals surface area contributed by atoms with Crippen molar-refractivity contribution in [3.63, 3.8) is 0 Å². The standard InChI is InChI=1S/C25H30N2/c1-17-8-10-20(19(3)14-17)16-26-12-5-13-27-23-11-9-18(2)15-22(23)21-6-4-7-24(26)25(21)27/h8-11,14-15,24H,4-7,12-13,16H2,1-3H3. The molecule has 2 nitrogen and oxygen atoms in total. The topological polar surface area (TPSA) is 8.17 Å². The molecule has 0 amide bonds. The fourth-order valence-electron chi connectivity index (χ4n) is 5.43. The van der Waals surface area contributed by atoms with Gasteiger partial charge < -0.3 is 4.57 Å². The molecule has 1 aliphatic heterocycles. The van der Waals surface area contributed by atoms with Crippen LogP contribution in [0.4, 0.5) is 0 Å². The van der Waals surface area contributed by atoms with E-state index in [0.29, 0.717) is 6.04 Å². The highest BCUT2D eigenvalue weighted by Gasteiger charge is 2.33. The largest absolute Gasteiger partial charge is 0.343 e. The van der Waals surface area contributed by atoms with Gasteiger partial charge in [0.15, 0.2) is 0 Å². The lowest BCUT2D eigenvalue weighted by molar-refractivity contribution is 0.173. The number of rotatable bonds is 2. The summed E-state index contributed by atoms with van der Waals surface area (Å²) in [6, 6.07) is 14.6. The summed E-state index contributed by atoms with van der Waals surface area (Å²) < 4.78 is 2.66. The van der Waals surface area contributed by atoms with Crippen molar-refractivity contribution < 1.29 is 0 Å². The molecule has 5 rings (SSSR count). The molecule has 2 aliphatic rings. The van der Waals surface area contributed by atoms with Gasteiger partial charge in [-0.1, -0.05) is 35.4 Å². The summed E-state index contributed by atoms with van der Waals surface area (Å²) in [6.45, 7) is 10.1. The molecule has 2 heterocycles. The van der Waals surface area contributed by atoms with E-state index < -0.39 is 0 Å². The first-order valence-electron chi connectivity index (χ1n) is 10.5. The average Bonchev–Trinajstić information content (AvgIpc) is 2.84. The molecule has 0 fully saturated rings. The summed E-state index contributed by atoms with van der Waals surface area (Å²) in [7, 11) is 0. The Bertz CT molecular complexity index is 1010. The van der Waals surface area contributed by atoms with Crippen molar-refractivity contribution in [1.82, 2.24) is 9.47 Å². The Balaban J connectivity index is 1.59. The molecule has 1 aromatic heterocycles. The second-order valence-electron chi connectivity index (χ2n) is 8.70. The van der Waals surface area contributed by atoms with Crippen LogP contribution in [0.3, 0.4) is 0 Å². The molecular weight excluding hydrogens is 328 g/mol. The Kier molecular flexibility index (Phi) is 4.12. The van der Waals surface area contributed by atoms with E-state index in [1.54, 1.807) is 11.3 Å². The van der Waals surface area contributed by atoms with Crippen LogP contribution < -0.4 is 0 Å². The van der Waals surface area contributed by atoms with E-state index in [-0.39, 0.29) is 0 Å². The highest BCUT2D eigenvalue weighted by Crippen LogP contribution is 2.42. The Labute approximate surface area is 162 Å². The van der Waals surface area contributed by atoms with Crippen LogP contribution in [-0.4, -0.2) is 16.0 Å². The van der Waals surface area contributed by atoms with Gasteiger partial charge in [-0.15, -0.1) is 0 Å². The van der Waals surface area contributed by atoms with Crippen molar-refractivity contribution in [3.05, 3.63) is 69.9 Å². The molecule has 0 saturated carbocycles. The first-order valence-corrected chi connectivity index (χ1v) is 10.5. The van der Waals surface area contributed by atoms with Gasteiger partial charge in [0.1, 0.15) is 0 Å². The third-order valence-corrected chi connectivity index (χ3v) is 6.73. The third kappa shape index (κ3) is 2.82. The molecule has 27 heavy (non-hydrogen) atoms. The van der Waals surface area contributed by atoms with E-state index in [4.69, 9.17) is 0 Å². The van der Waals surface area contributed by atoms with E-state index >= 15 is 0 Å². The number of benzene rings is 2. The normalized spacial score (nSPS) is 19.9. The molecule has 0 radical (unpaired) electrons. The van der Waals surface area contributed by atoms with E-state index in [9.17, 15) is 0 Å². The molecule has 0 N–H and O–H groups in total. The lowest BCUT2D eigenvalue weighted by atomic mass is 9.90. The summed E-state index contributed by atoms with van der Waals surface area (Å²) in [5.41, 5.74) is 10.4. The first-order chi connectivity index (χ1) is 13.1. The second kappa shape index (κ2) is 6.53. The van der Waals surface area contributed by atoms with Crippen LogP contribution in [0.2, 0.25) is 0 Å². The summed E-state index contributed by atoms with van der Waals surface area (Å²) in [4.78, 5) is 2.77. The Hall–Kier alpha value is -2.06. The zero-order valence-electron chi connectivity index (χ0n) is 16.9. The third-order valence-electron chi connectivity index (χ3n) is 6.73. The predicted octanol–water partition coefficient (Wildman–Crippen LogP) is 5.85. The van der Waals surface area contributed by atoms with Gasteiger partial charge in [-0.05, 0) is 75.3 Å². The van der Waals surface area contributed by atoms with Crippen molar-refractivity contribution >= 4 is 10.9 Å². The molecule has 1 unspecified atom stereocenters. The van der Waals surface area contributed by atoms with E-state index in [0.717, 1.165) is 13.1 Å². The van der Waals surface area contributed by atoms with Crippen molar-refractivity contribution in [3.8, 4) is 0 Å². The fraction of sp³-hybridized carbons (Fsp3) is 0.440. The minimum atomic E-state index is 0.574. The maximum absolute atomic E-state index is 2.77. The lowest BCUT2D eigenvalue weighted by Crippen LogP contribution is -2.31. The van der Waals surface area contributed by atoms with Gasteiger partial charge in [0.25, 0.3) is 0 Å². The van der Waals surface area contributed by atoms with Gasteiger partial charge in [-0.2, -0.15) is 0 Å². The number of aryl methyl sites for hydroxylation is 5. The van der Waals surface area contributed by atoms with Crippen LogP contribution in [0.25, 0.3) is 10.9 Å². The number of hydrogen-bond donors (Lipinski definition) is 0. The molecule has 0 spiro atoms. The van der Waals surface area contributed by atoms with Gasteiger partial charge in [0, 0.05) is 36.2 Å². The van der Waals surface area contributed by atoms with Gasteiger partial charge in [-0.25, -0.2) is 0 Å². The molecule has 2 aromatic carbocycles. The Morgan fingerprint density at radius 3 is 2.59 bits per heavy atom. The van der Waals surface area contributed by atoms with Crippen LogP contribution >= 0.6 is 0 Å². The van der Waals surface area contributed by atoms with Gasteiger partial charge in [0.05, 0.1) is 6.04 Å². The van der Waals surface area contributed by atoms with E-state index in [1.165, 1.54) is 65.4 Å². The molecule has 0 saturated heterocycles. The number of nitrogens with zero attached hydrogens (tertiary/aromatic N) is 2. The molecule has 140 valence electrons. The van der Waals surface area contributed by atoms with Crippen LogP contribution in [0.5, 0.6) is 0 Å². The number of aromatic nitrogens is 1. The molecule has 1 aliphatic carbocycles. The second-order valence-corrected chi connectivity index (χ2v) is 8.70. The smallest absolute Gasteiger partial charge is 0.0507 e. The first kappa shape index (κ1) is 17.1. The maximum atomic E-state index is 2.77. The van der Waals surface area contributed by atoms with E-state index in [2.05, 4.69) is 66.6 Å². The van der Waals surface area contributed by atoms with Crippen molar-refractivity contribution in [2.24, 2.45) is 0 Å². The zero-order chi connectivity index (χ0) is 18.5. The van der Waals surface area contributed by atoms with Crippen molar-refractivity contribution in [1.29, 1.82) is 0 Å². The molecule has 3 aromatic rings. The molecule has 0 bridgehead atoms. The lowest BCUT2D eigenvalue weighted by Gasteiger charge is -2.34. The van der Waals surface area contributed by atoms with Crippen LogP contribution in [0, 0.1) is 20.8 Å². The minimum absolute atomic E-state index is 0.574. The number of hydrogen-bond acceptors (Lipinski definition) is 1. The SMILES string of the molecule is Cc1ccc(CN2CCCn3c4c(c5cc(C)ccc53)CCCC42)c(C)c1. The molecular formula is C25H30N2. The van der Waals surface area contributed by atoms with Gasteiger partial charge in [-0.3, -0.25) is 4.90 Å². The predicted molar refractivity (Wildman–Crippen MR) is 113 cm³/mol. The zero-order valence-corrected chi connectivity index (χ0v) is 16.9. The molecule has 2 heteroatoms. The van der Waals surface area contributed by atoms with Crippen LogP contribution in [0.1, 0.15) is 58.8 Å². The summed E-state index contributed by atoms with van der Waals surface area (Å²) >= 11 is 0. The maximum Gasteiger partial charge on any atom is 0.0507 e. The monoisotopic (exact) mass is 358 g/mol. The quantitative estimate of drug-likeness (QED) is 0.558. The molecule has 1 atom stereocenters. The van der Waals surface area contributed by atoms with Crippen molar-refractivity contribution in [2.75, 3.05) is 6.54 Å². The van der Waals surface area contributed by atoms with Gasteiger partial charge in [0.2, 0.25) is 0 Å². The minimum Gasteiger partial charge on any atom is -0.343 e. The Morgan fingerprint density at radius 2 is 1.74 bits per heavy atom. The van der Waals surface area contributed by atoms with E-state index in [1.807, 2.05) is 0 Å². The highest BCUT2D eigenvalue weighted by molar-refractivity contribution is 5.86. The summed E-state index contributed by atoms with van der Waals surface area (Å²) in [5, 5.41) is 1.52. The average molecular weight is 359 g/mol. The Morgan fingerprint density at radius 1 is 0.926 bits per heavy atom. The summed E-state index contributed by atoms with van der Waals surface area (Å²) in [6.07, 6.45) is 5.10. The van der Waals surface area contributed by atoms with Crippen LogP contribution in [-0.2, 0) is 19.5 Å². The highest BCUT2D eigenvalue weighted by atomic mass is 15.2. The van der Waals surface area contributed by atoms with Crippen LogP contribution in [0.15, 0.2) is 36.4 Å². The van der Waals surface area contributed by atoms with Gasteiger partial charge >= 0.3 is 0 Å².